The first-order valence-corrected chi connectivity index (χ1v) is 6.20. The monoisotopic (exact) mass is 276 g/mol. The zero-order chi connectivity index (χ0) is 10.4. The molecule has 0 aliphatic rings. The quantitative estimate of drug-likeness (QED) is 0.735. The summed E-state index contributed by atoms with van der Waals surface area (Å²) in [6, 6.07) is 7.50. The summed E-state index contributed by atoms with van der Waals surface area (Å²) in [7, 11) is 0. The first-order chi connectivity index (χ1) is 6.76. The lowest BCUT2D eigenvalue weighted by Gasteiger charge is -2.12. The van der Waals surface area contributed by atoms with Gasteiger partial charge in [0.25, 0.3) is 0 Å². The van der Waals surface area contributed by atoms with Gasteiger partial charge in [-0.2, -0.15) is 0 Å². The average Bonchev–Trinajstić information content (AvgIpc) is 2.19. The maximum Gasteiger partial charge on any atom is 0.120 e. The van der Waals surface area contributed by atoms with Crippen molar-refractivity contribution in [3.8, 4) is 5.75 Å². The lowest BCUT2D eigenvalue weighted by Crippen LogP contribution is -2.12. The van der Waals surface area contributed by atoms with Gasteiger partial charge in [-0.15, -0.1) is 0 Å². The van der Waals surface area contributed by atoms with Crippen molar-refractivity contribution in [2.24, 2.45) is 5.92 Å². The smallest absolute Gasteiger partial charge is 0.120 e. The molecular formula is C11H14BrClO. The third-order valence-electron chi connectivity index (χ3n) is 2.08. The predicted octanol–water partition coefficient (Wildman–Crippen LogP) is 4.14. The Bertz CT molecular complexity index is 274. The van der Waals surface area contributed by atoms with Gasteiger partial charge in [0.05, 0.1) is 6.61 Å². The molecule has 0 heterocycles. The summed E-state index contributed by atoms with van der Waals surface area (Å²) in [6.45, 7) is 2.90. The summed E-state index contributed by atoms with van der Waals surface area (Å²) in [6.07, 6.45) is 1.12. The SMILES string of the molecule is CCC(CBr)COc1cccc(Cl)c1. The maximum absolute atomic E-state index is 5.84. The van der Waals surface area contributed by atoms with Crippen molar-refractivity contribution in [2.45, 2.75) is 13.3 Å². The molecule has 0 aromatic heterocycles. The molecule has 0 radical (unpaired) electrons. The summed E-state index contributed by atoms with van der Waals surface area (Å²) in [4.78, 5) is 0. The molecule has 0 bridgehead atoms. The molecule has 0 saturated carbocycles. The highest BCUT2D eigenvalue weighted by molar-refractivity contribution is 9.09. The number of hydrogen-bond donors (Lipinski definition) is 0. The van der Waals surface area contributed by atoms with Crippen molar-refractivity contribution in [1.29, 1.82) is 0 Å². The van der Waals surface area contributed by atoms with Crippen molar-refractivity contribution < 1.29 is 4.74 Å². The van der Waals surface area contributed by atoms with E-state index in [2.05, 4.69) is 22.9 Å². The fourth-order valence-electron chi connectivity index (χ4n) is 1.04. The van der Waals surface area contributed by atoms with Crippen molar-refractivity contribution in [3.05, 3.63) is 29.3 Å². The van der Waals surface area contributed by atoms with Crippen LogP contribution in [0.1, 0.15) is 13.3 Å². The molecule has 0 fully saturated rings. The third-order valence-corrected chi connectivity index (χ3v) is 3.23. The first kappa shape index (κ1) is 11.9. The highest BCUT2D eigenvalue weighted by Gasteiger charge is 2.05. The van der Waals surface area contributed by atoms with E-state index in [1.165, 1.54) is 0 Å². The summed E-state index contributed by atoms with van der Waals surface area (Å²) in [5, 5.41) is 1.69. The minimum absolute atomic E-state index is 0.564. The first-order valence-electron chi connectivity index (χ1n) is 4.70. The topological polar surface area (TPSA) is 9.23 Å². The molecule has 0 saturated heterocycles. The van der Waals surface area contributed by atoms with Gasteiger partial charge in [0.1, 0.15) is 5.75 Å². The lowest BCUT2D eigenvalue weighted by molar-refractivity contribution is 0.260. The van der Waals surface area contributed by atoms with Crippen LogP contribution in [0, 0.1) is 5.92 Å². The molecule has 0 aliphatic carbocycles. The van der Waals surface area contributed by atoms with E-state index in [1.54, 1.807) is 0 Å². The van der Waals surface area contributed by atoms with Crippen LogP contribution < -0.4 is 4.74 Å². The van der Waals surface area contributed by atoms with Crippen LogP contribution >= 0.6 is 27.5 Å². The van der Waals surface area contributed by atoms with Gasteiger partial charge < -0.3 is 4.74 Å². The summed E-state index contributed by atoms with van der Waals surface area (Å²) >= 11 is 9.30. The Labute approximate surface area is 98.5 Å². The molecule has 1 aromatic carbocycles. The normalized spacial score (nSPS) is 12.5. The number of alkyl halides is 1. The Morgan fingerprint density at radius 2 is 2.29 bits per heavy atom. The van der Waals surface area contributed by atoms with Crippen LogP contribution in [0.2, 0.25) is 5.02 Å². The van der Waals surface area contributed by atoms with Gasteiger partial charge in [0.15, 0.2) is 0 Å². The van der Waals surface area contributed by atoms with E-state index < -0.39 is 0 Å². The van der Waals surface area contributed by atoms with Crippen molar-refractivity contribution in [3.63, 3.8) is 0 Å². The summed E-state index contributed by atoms with van der Waals surface area (Å²) in [5.74, 6) is 1.41. The van der Waals surface area contributed by atoms with Gasteiger partial charge in [-0.25, -0.2) is 0 Å². The number of halogens is 2. The molecule has 0 N–H and O–H groups in total. The molecule has 1 nitrogen and oxygen atoms in total. The van der Waals surface area contributed by atoms with Crippen LogP contribution in [-0.2, 0) is 0 Å². The third kappa shape index (κ3) is 3.89. The standard InChI is InChI=1S/C11H14BrClO/c1-2-9(7-12)8-14-11-5-3-4-10(13)6-11/h3-6,9H,2,7-8H2,1H3. The second-order valence-corrected chi connectivity index (χ2v) is 4.28. The van der Waals surface area contributed by atoms with Crippen molar-refractivity contribution in [1.82, 2.24) is 0 Å². The average molecular weight is 278 g/mol. The van der Waals surface area contributed by atoms with Crippen LogP contribution in [0.5, 0.6) is 5.75 Å². The van der Waals surface area contributed by atoms with E-state index in [9.17, 15) is 0 Å². The van der Waals surface area contributed by atoms with Gasteiger partial charge in [0.2, 0.25) is 0 Å². The van der Waals surface area contributed by atoms with Gasteiger partial charge >= 0.3 is 0 Å². The minimum atomic E-state index is 0.564. The number of benzene rings is 1. The summed E-state index contributed by atoms with van der Waals surface area (Å²) in [5.41, 5.74) is 0. The molecule has 14 heavy (non-hydrogen) atoms. The molecule has 0 spiro atoms. The summed E-state index contributed by atoms with van der Waals surface area (Å²) < 4.78 is 5.62. The molecule has 0 aliphatic heterocycles. The van der Waals surface area contributed by atoms with Crippen molar-refractivity contribution in [2.75, 3.05) is 11.9 Å². The molecular weight excluding hydrogens is 263 g/mol. The molecule has 3 heteroatoms. The highest BCUT2D eigenvalue weighted by Crippen LogP contribution is 2.18. The molecule has 1 aromatic rings. The van der Waals surface area contributed by atoms with Crippen molar-refractivity contribution >= 4 is 27.5 Å². The zero-order valence-electron chi connectivity index (χ0n) is 8.17. The minimum Gasteiger partial charge on any atom is -0.493 e. The largest absolute Gasteiger partial charge is 0.493 e. The van der Waals surface area contributed by atoms with Crippen LogP contribution in [0.25, 0.3) is 0 Å². The second-order valence-electron chi connectivity index (χ2n) is 3.20. The fourth-order valence-corrected chi connectivity index (χ4v) is 1.87. The van der Waals surface area contributed by atoms with Crippen LogP contribution in [0.4, 0.5) is 0 Å². The molecule has 1 atom stereocenters. The number of rotatable bonds is 5. The van der Waals surface area contributed by atoms with E-state index >= 15 is 0 Å². The van der Waals surface area contributed by atoms with Crippen LogP contribution in [0.15, 0.2) is 24.3 Å². The zero-order valence-corrected chi connectivity index (χ0v) is 10.5. The predicted molar refractivity (Wildman–Crippen MR) is 64.5 cm³/mol. The Morgan fingerprint density at radius 1 is 1.50 bits per heavy atom. The van der Waals surface area contributed by atoms with Gasteiger partial charge in [-0.05, 0) is 24.6 Å². The van der Waals surface area contributed by atoms with Gasteiger partial charge in [-0.3, -0.25) is 0 Å². The van der Waals surface area contributed by atoms with E-state index in [0.29, 0.717) is 5.92 Å². The number of ether oxygens (including phenoxy) is 1. The van der Waals surface area contributed by atoms with Crippen LogP contribution in [-0.4, -0.2) is 11.9 Å². The Hall–Kier alpha value is -0.210. The Balaban J connectivity index is 2.44. The van der Waals surface area contributed by atoms with E-state index in [4.69, 9.17) is 16.3 Å². The fraction of sp³-hybridized carbons (Fsp3) is 0.455. The molecule has 78 valence electrons. The molecule has 1 unspecified atom stereocenters. The van der Waals surface area contributed by atoms with E-state index in [1.807, 2.05) is 24.3 Å². The maximum atomic E-state index is 5.84. The Kier molecular flexibility index (Phi) is 5.34. The molecule has 1 rings (SSSR count). The lowest BCUT2D eigenvalue weighted by atomic mass is 10.1. The number of hydrogen-bond acceptors (Lipinski definition) is 1. The van der Waals surface area contributed by atoms with E-state index in [0.717, 1.165) is 29.1 Å². The van der Waals surface area contributed by atoms with Crippen LogP contribution in [0.3, 0.4) is 0 Å². The van der Waals surface area contributed by atoms with Gasteiger partial charge in [0, 0.05) is 16.3 Å². The Morgan fingerprint density at radius 3 is 2.86 bits per heavy atom. The second kappa shape index (κ2) is 6.31. The highest BCUT2D eigenvalue weighted by atomic mass is 79.9. The van der Waals surface area contributed by atoms with Gasteiger partial charge in [-0.1, -0.05) is 40.5 Å². The van der Waals surface area contributed by atoms with E-state index in [-0.39, 0.29) is 0 Å². The molecule has 0 amide bonds.